The van der Waals surface area contributed by atoms with Crippen LogP contribution in [-0.2, 0) is 13.6 Å². The van der Waals surface area contributed by atoms with Crippen molar-refractivity contribution in [2.75, 3.05) is 5.33 Å². The number of aliphatic hydroxyl groups excluding tert-OH is 1. The summed E-state index contributed by atoms with van der Waals surface area (Å²) in [4.78, 5) is 26.7. The van der Waals surface area contributed by atoms with Crippen molar-refractivity contribution in [1.82, 2.24) is 9.55 Å². The Morgan fingerprint density at radius 2 is 1.55 bits per heavy atom. The number of aliphatic hydroxyl groups is 1. The third-order valence-electron chi connectivity index (χ3n) is 7.36. The molecule has 0 spiro atoms. The van der Waals surface area contributed by atoms with Crippen LogP contribution >= 0.6 is 15.9 Å². The molecule has 0 amide bonds. The largest absolute Gasteiger partial charge is 0.408 e. The lowest BCUT2D eigenvalue weighted by Crippen LogP contribution is -2.55. The highest BCUT2D eigenvalue weighted by atomic mass is 79.9. The standard InChI is InChI=1S/C22H41BrN2O6Si2/c1-21(2,3)32(7,8)30-17-16(14(26)13-23)29-19(25-12-11-15(27)24-20(25)28)18(17)31-33(9,10)22(4,5)6/h11-12,14,16-19,26H,13H2,1-10H3,(H,24,27,28)/t14?,16?,17-,18-,19-/m1/s1. The predicted octanol–water partition coefficient (Wildman–Crippen LogP) is 3.97. The van der Waals surface area contributed by atoms with E-state index in [0.29, 0.717) is 0 Å². The van der Waals surface area contributed by atoms with E-state index >= 15 is 0 Å². The highest BCUT2D eigenvalue weighted by molar-refractivity contribution is 9.09. The van der Waals surface area contributed by atoms with E-state index in [4.69, 9.17) is 13.6 Å². The molecule has 0 aromatic carbocycles. The Labute approximate surface area is 207 Å². The zero-order valence-electron chi connectivity index (χ0n) is 21.6. The number of halogens is 1. The molecule has 8 nitrogen and oxygen atoms in total. The third kappa shape index (κ3) is 6.17. The number of ether oxygens (including phenoxy) is 1. The third-order valence-corrected chi connectivity index (χ3v) is 17.0. The van der Waals surface area contributed by atoms with Crippen LogP contribution in [0.1, 0.15) is 47.8 Å². The van der Waals surface area contributed by atoms with Gasteiger partial charge in [0.25, 0.3) is 5.56 Å². The average Bonchev–Trinajstić information content (AvgIpc) is 2.96. The number of hydrogen-bond acceptors (Lipinski definition) is 6. The number of nitrogens with one attached hydrogen (secondary N) is 1. The second-order valence-electron chi connectivity index (χ2n) is 11.9. The molecule has 1 aliphatic rings. The summed E-state index contributed by atoms with van der Waals surface area (Å²) >= 11 is 3.36. The summed E-state index contributed by atoms with van der Waals surface area (Å²) in [5.74, 6) is 0. The van der Waals surface area contributed by atoms with Gasteiger partial charge in [-0.2, -0.15) is 0 Å². The molecule has 2 rings (SSSR count). The topological polar surface area (TPSA) is 103 Å². The van der Waals surface area contributed by atoms with Gasteiger partial charge >= 0.3 is 5.69 Å². The molecule has 11 heteroatoms. The van der Waals surface area contributed by atoms with Crippen LogP contribution in [0, 0.1) is 0 Å². The van der Waals surface area contributed by atoms with Crippen LogP contribution in [0.4, 0.5) is 0 Å². The molecule has 1 fully saturated rings. The molecule has 2 heterocycles. The van der Waals surface area contributed by atoms with E-state index in [0.717, 1.165) is 0 Å². The summed E-state index contributed by atoms with van der Waals surface area (Å²) in [6.07, 6.45) is -2.23. The minimum atomic E-state index is -2.34. The first kappa shape index (κ1) is 28.7. The van der Waals surface area contributed by atoms with Gasteiger partial charge in [-0.25, -0.2) is 4.79 Å². The van der Waals surface area contributed by atoms with Gasteiger partial charge in [0.1, 0.15) is 18.3 Å². The molecule has 1 saturated heterocycles. The normalized spacial score (nSPS) is 25.9. The Hall–Kier alpha value is -0.566. The molecule has 2 N–H and O–H groups in total. The zero-order valence-corrected chi connectivity index (χ0v) is 25.1. The van der Waals surface area contributed by atoms with Gasteiger partial charge in [-0.1, -0.05) is 57.5 Å². The van der Waals surface area contributed by atoms with Crippen LogP contribution in [-0.4, -0.2) is 61.0 Å². The van der Waals surface area contributed by atoms with Crippen LogP contribution in [0.15, 0.2) is 21.9 Å². The van der Waals surface area contributed by atoms with Crippen LogP contribution < -0.4 is 11.2 Å². The summed E-state index contributed by atoms with van der Waals surface area (Å²) in [6.45, 7) is 21.4. The molecule has 2 unspecified atom stereocenters. The SMILES string of the molecule is CC(C)(C)[Si](C)(C)O[C@@H]1[C@H](O[Si](C)(C)C(C)(C)C)C(C(O)CBr)O[C@H]1n1ccc(=O)[nH]c1=O. The number of nitrogens with zero attached hydrogens (tertiary/aromatic N) is 1. The van der Waals surface area contributed by atoms with Crippen molar-refractivity contribution in [3.8, 4) is 0 Å². The Morgan fingerprint density at radius 1 is 1.06 bits per heavy atom. The van der Waals surface area contributed by atoms with Crippen molar-refractivity contribution in [2.45, 2.75) is 108 Å². The molecule has 1 aromatic rings. The molecule has 1 aromatic heterocycles. The predicted molar refractivity (Wildman–Crippen MR) is 139 cm³/mol. The maximum absolute atomic E-state index is 12.7. The van der Waals surface area contributed by atoms with E-state index < -0.39 is 58.5 Å². The van der Waals surface area contributed by atoms with Gasteiger partial charge in [0.2, 0.25) is 0 Å². The summed E-state index contributed by atoms with van der Waals surface area (Å²) in [6, 6.07) is 1.28. The number of hydrogen-bond donors (Lipinski definition) is 2. The average molecular weight is 566 g/mol. The first-order chi connectivity index (χ1) is 14.8. The van der Waals surface area contributed by atoms with Crippen molar-refractivity contribution in [3.63, 3.8) is 0 Å². The van der Waals surface area contributed by atoms with Gasteiger partial charge in [-0.15, -0.1) is 0 Å². The minimum Gasteiger partial charge on any atom is -0.408 e. The number of alkyl halides is 1. The van der Waals surface area contributed by atoms with Gasteiger partial charge in [0, 0.05) is 17.6 Å². The second kappa shape index (κ2) is 9.83. The summed E-state index contributed by atoms with van der Waals surface area (Å²) in [5.41, 5.74) is -1.07. The first-order valence-electron chi connectivity index (χ1n) is 11.4. The monoisotopic (exact) mass is 564 g/mol. The molecule has 1 aliphatic heterocycles. The van der Waals surface area contributed by atoms with Crippen LogP contribution in [0.25, 0.3) is 0 Å². The van der Waals surface area contributed by atoms with Crippen LogP contribution in [0.3, 0.4) is 0 Å². The maximum Gasteiger partial charge on any atom is 0.330 e. The van der Waals surface area contributed by atoms with Crippen LogP contribution in [0.2, 0.25) is 36.3 Å². The van der Waals surface area contributed by atoms with Gasteiger partial charge in [0.15, 0.2) is 22.9 Å². The summed E-state index contributed by atoms with van der Waals surface area (Å²) < 4.78 is 21.3. The highest BCUT2D eigenvalue weighted by Crippen LogP contribution is 2.46. The Balaban J connectivity index is 2.65. The Bertz CT molecular complexity index is 934. The van der Waals surface area contributed by atoms with E-state index in [1.807, 2.05) is 0 Å². The van der Waals surface area contributed by atoms with Gasteiger partial charge in [0.05, 0.1) is 6.10 Å². The lowest BCUT2D eigenvalue weighted by Gasteiger charge is -2.44. The lowest BCUT2D eigenvalue weighted by atomic mass is 10.1. The van der Waals surface area contributed by atoms with Crippen molar-refractivity contribution >= 4 is 32.6 Å². The van der Waals surface area contributed by atoms with Gasteiger partial charge in [-0.05, 0) is 36.3 Å². The quantitative estimate of drug-likeness (QED) is 0.383. The molecular formula is C22H41BrN2O6Si2. The molecule has 33 heavy (non-hydrogen) atoms. The van der Waals surface area contributed by atoms with Gasteiger partial charge in [-0.3, -0.25) is 14.3 Å². The summed E-state index contributed by atoms with van der Waals surface area (Å²) in [5, 5.41) is 11.0. The number of H-pyrrole nitrogens is 1. The molecule has 0 aliphatic carbocycles. The van der Waals surface area contributed by atoms with Crippen molar-refractivity contribution in [2.24, 2.45) is 0 Å². The number of aromatic amines is 1. The highest BCUT2D eigenvalue weighted by Gasteiger charge is 2.55. The van der Waals surface area contributed by atoms with Gasteiger partial charge < -0.3 is 18.7 Å². The number of aromatic nitrogens is 2. The van der Waals surface area contributed by atoms with Crippen molar-refractivity contribution < 1.29 is 18.7 Å². The van der Waals surface area contributed by atoms with E-state index in [-0.39, 0.29) is 15.4 Å². The van der Waals surface area contributed by atoms with E-state index in [1.165, 1.54) is 16.8 Å². The summed E-state index contributed by atoms with van der Waals surface area (Å²) in [7, 11) is -4.64. The fourth-order valence-corrected chi connectivity index (χ4v) is 6.16. The van der Waals surface area contributed by atoms with E-state index in [9.17, 15) is 14.7 Å². The van der Waals surface area contributed by atoms with Crippen LogP contribution in [0.5, 0.6) is 0 Å². The first-order valence-corrected chi connectivity index (χ1v) is 18.3. The molecule has 0 radical (unpaired) electrons. The molecule has 0 bridgehead atoms. The number of rotatable bonds is 7. The fraction of sp³-hybridized carbons (Fsp3) is 0.818. The molecule has 5 atom stereocenters. The maximum atomic E-state index is 12.7. The van der Waals surface area contributed by atoms with Crippen molar-refractivity contribution in [3.05, 3.63) is 33.1 Å². The minimum absolute atomic E-state index is 0.0780. The molecule has 0 saturated carbocycles. The Kier molecular flexibility index (Phi) is 8.54. The smallest absolute Gasteiger partial charge is 0.330 e. The van der Waals surface area contributed by atoms with Crippen molar-refractivity contribution in [1.29, 1.82) is 0 Å². The molecular weight excluding hydrogens is 524 g/mol. The Morgan fingerprint density at radius 3 is 1.97 bits per heavy atom. The van der Waals surface area contributed by atoms with E-state index in [2.05, 4.69) is 88.6 Å². The fourth-order valence-electron chi connectivity index (χ4n) is 3.21. The second-order valence-corrected chi connectivity index (χ2v) is 22.1. The zero-order chi connectivity index (χ0) is 25.6. The lowest BCUT2D eigenvalue weighted by molar-refractivity contribution is -0.0770. The molecule has 190 valence electrons. The van der Waals surface area contributed by atoms with E-state index in [1.54, 1.807) is 0 Å².